The van der Waals surface area contributed by atoms with Crippen molar-refractivity contribution >= 4 is 35.1 Å². The number of nitrogens with one attached hydrogen (secondary N) is 1. The molecule has 0 spiro atoms. The van der Waals surface area contributed by atoms with Crippen LogP contribution in [0.2, 0.25) is 0 Å². The van der Waals surface area contributed by atoms with Gasteiger partial charge in [0.1, 0.15) is 5.58 Å². The zero-order chi connectivity index (χ0) is 27.9. The van der Waals surface area contributed by atoms with Gasteiger partial charge in [0.2, 0.25) is 5.88 Å². The molecule has 0 unspecified atom stereocenters. The molecule has 2 heterocycles. The van der Waals surface area contributed by atoms with E-state index in [9.17, 15) is 14.8 Å². The topological polar surface area (TPSA) is 85.9 Å². The zero-order valence-electron chi connectivity index (χ0n) is 23.4. The van der Waals surface area contributed by atoms with Gasteiger partial charge < -0.3 is 24.7 Å². The van der Waals surface area contributed by atoms with Crippen LogP contribution in [0.15, 0.2) is 69.9 Å². The summed E-state index contributed by atoms with van der Waals surface area (Å²) in [6, 6.07) is 19.1. The van der Waals surface area contributed by atoms with Crippen molar-refractivity contribution in [3.63, 3.8) is 0 Å². The van der Waals surface area contributed by atoms with Crippen molar-refractivity contribution < 1.29 is 14.5 Å². The Morgan fingerprint density at radius 3 is 2.33 bits per heavy atom. The van der Waals surface area contributed by atoms with E-state index in [0.29, 0.717) is 33.3 Å². The van der Waals surface area contributed by atoms with Gasteiger partial charge in [0.15, 0.2) is 5.43 Å². The number of rotatable bonds is 6. The van der Waals surface area contributed by atoms with Gasteiger partial charge in [-0.15, -0.1) is 0 Å². The van der Waals surface area contributed by atoms with E-state index in [-0.39, 0.29) is 11.5 Å². The van der Waals surface area contributed by atoms with Gasteiger partial charge in [-0.25, -0.2) is 0 Å². The third-order valence-corrected chi connectivity index (χ3v) is 8.06. The van der Waals surface area contributed by atoms with Crippen molar-refractivity contribution in [3.8, 4) is 11.1 Å². The standard InChI is InChI=1S/C32H37BN2O4/c1-20-18-26(22(3)34-28-9-7-6-8-25(28)23-10-12-24(13-11-23)33(37)38)30-27(19-20)29(36)21(2)31(39-30)35-16-14-32(4,5)15-17-35/h6-13,18-19,22,34,37-38H,14-17H2,1-5H3/t22-/m0/s1. The van der Waals surface area contributed by atoms with Gasteiger partial charge in [0.25, 0.3) is 0 Å². The predicted octanol–water partition coefficient (Wildman–Crippen LogP) is 5.56. The van der Waals surface area contributed by atoms with Gasteiger partial charge in [-0.1, -0.05) is 62.4 Å². The summed E-state index contributed by atoms with van der Waals surface area (Å²) in [5, 5.41) is 23.2. The molecule has 202 valence electrons. The molecular weight excluding hydrogens is 487 g/mol. The first-order valence-electron chi connectivity index (χ1n) is 13.7. The summed E-state index contributed by atoms with van der Waals surface area (Å²) in [5.41, 5.74) is 6.91. The number of piperidine rings is 1. The second-order valence-corrected chi connectivity index (χ2v) is 11.7. The maximum absolute atomic E-state index is 13.6. The highest BCUT2D eigenvalue weighted by Gasteiger charge is 2.29. The average molecular weight is 524 g/mol. The number of hydrogen-bond acceptors (Lipinski definition) is 6. The minimum atomic E-state index is -1.50. The number of para-hydroxylation sites is 1. The highest BCUT2D eigenvalue weighted by Crippen LogP contribution is 2.37. The lowest BCUT2D eigenvalue weighted by Gasteiger charge is -2.37. The molecule has 0 bridgehead atoms. The van der Waals surface area contributed by atoms with Crippen LogP contribution in [0, 0.1) is 19.3 Å². The van der Waals surface area contributed by atoms with Gasteiger partial charge in [-0.2, -0.15) is 0 Å². The summed E-state index contributed by atoms with van der Waals surface area (Å²) in [6.45, 7) is 12.3. The van der Waals surface area contributed by atoms with Crippen molar-refractivity contribution in [2.75, 3.05) is 23.3 Å². The van der Waals surface area contributed by atoms with Gasteiger partial charge >= 0.3 is 7.12 Å². The molecule has 1 aromatic heterocycles. The SMILES string of the molecule is Cc1cc([C@H](C)Nc2ccccc2-c2ccc(B(O)O)cc2)c2oc(N3CCC(C)(C)CC3)c(C)c(=O)c2c1. The maximum atomic E-state index is 13.6. The third-order valence-electron chi connectivity index (χ3n) is 8.06. The van der Waals surface area contributed by atoms with Crippen molar-refractivity contribution in [1.29, 1.82) is 0 Å². The van der Waals surface area contributed by atoms with Crippen molar-refractivity contribution in [2.45, 2.75) is 53.5 Å². The van der Waals surface area contributed by atoms with Crippen LogP contribution in [0.3, 0.4) is 0 Å². The summed E-state index contributed by atoms with van der Waals surface area (Å²) in [7, 11) is -1.50. The molecule has 6 nitrogen and oxygen atoms in total. The summed E-state index contributed by atoms with van der Waals surface area (Å²) >= 11 is 0. The number of fused-ring (bicyclic) bond motifs is 1. The number of aryl methyl sites for hydroxylation is 1. The first-order valence-corrected chi connectivity index (χ1v) is 13.7. The summed E-state index contributed by atoms with van der Waals surface area (Å²) in [6.07, 6.45) is 2.11. The van der Waals surface area contributed by atoms with Crippen molar-refractivity contribution in [2.24, 2.45) is 5.41 Å². The fourth-order valence-corrected chi connectivity index (χ4v) is 5.50. The van der Waals surface area contributed by atoms with Crippen LogP contribution in [-0.2, 0) is 0 Å². The van der Waals surface area contributed by atoms with E-state index in [1.165, 1.54) is 0 Å². The summed E-state index contributed by atoms with van der Waals surface area (Å²) in [4.78, 5) is 15.8. The first-order chi connectivity index (χ1) is 18.5. The molecule has 0 saturated carbocycles. The van der Waals surface area contributed by atoms with Crippen LogP contribution in [-0.4, -0.2) is 30.3 Å². The van der Waals surface area contributed by atoms with Crippen molar-refractivity contribution in [1.82, 2.24) is 0 Å². The smallest absolute Gasteiger partial charge is 0.440 e. The van der Waals surface area contributed by atoms with E-state index >= 15 is 0 Å². The normalized spacial score (nSPS) is 15.8. The molecule has 3 aromatic carbocycles. The molecule has 7 heteroatoms. The Bertz CT molecular complexity index is 1550. The van der Waals surface area contributed by atoms with E-state index in [4.69, 9.17) is 4.42 Å². The molecule has 39 heavy (non-hydrogen) atoms. The molecule has 0 aliphatic carbocycles. The van der Waals surface area contributed by atoms with E-state index < -0.39 is 7.12 Å². The molecule has 1 atom stereocenters. The minimum Gasteiger partial charge on any atom is -0.440 e. The fourth-order valence-electron chi connectivity index (χ4n) is 5.50. The number of nitrogens with zero attached hydrogens (tertiary/aromatic N) is 1. The van der Waals surface area contributed by atoms with Gasteiger partial charge in [0, 0.05) is 29.9 Å². The predicted molar refractivity (Wildman–Crippen MR) is 161 cm³/mol. The molecule has 5 rings (SSSR count). The Labute approximate surface area is 230 Å². The van der Waals surface area contributed by atoms with Gasteiger partial charge in [-0.05, 0) is 67.8 Å². The Morgan fingerprint density at radius 2 is 1.67 bits per heavy atom. The zero-order valence-corrected chi connectivity index (χ0v) is 23.4. The van der Waals surface area contributed by atoms with Gasteiger partial charge in [-0.3, -0.25) is 4.79 Å². The largest absolute Gasteiger partial charge is 0.488 e. The number of anilines is 2. The summed E-state index contributed by atoms with van der Waals surface area (Å²) < 4.78 is 6.62. The molecule has 3 N–H and O–H groups in total. The summed E-state index contributed by atoms with van der Waals surface area (Å²) in [5.74, 6) is 0.687. The van der Waals surface area contributed by atoms with Crippen LogP contribution in [0.4, 0.5) is 11.6 Å². The van der Waals surface area contributed by atoms with Crippen LogP contribution in [0.1, 0.15) is 56.3 Å². The van der Waals surface area contributed by atoms with E-state index in [1.807, 2.05) is 56.3 Å². The Kier molecular flexibility index (Phi) is 7.32. The quantitative estimate of drug-likeness (QED) is 0.287. The second-order valence-electron chi connectivity index (χ2n) is 11.7. The van der Waals surface area contributed by atoms with E-state index in [0.717, 1.165) is 53.9 Å². The lowest BCUT2D eigenvalue weighted by Crippen LogP contribution is -2.38. The molecule has 0 amide bonds. The fraction of sp³-hybridized carbons (Fsp3) is 0.344. The Hall–Kier alpha value is -3.55. The van der Waals surface area contributed by atoms with Crippen LogP contribution >= 0.6 is 0 Å². The highest BCUT2D eigenvalue weighted by molar-refractivity contribution is 6.58. The average Bonchev–Trinajstić information content (AvgIpc) is 2.91. The lowest BCUT2D eigenvalue weighted by molar-refractivity contribution is 0.274. The highest BCUT2D eigenvalue weighted by atomic mass is 16.4. The lowest BCUT2D eigenvalue weighted by atomic mass is 9.80. The third kappa shape index (κ3) is 5.47. The molecular formula is C32H37BN2O4. The first kappa shape index (κ1) is 27.0. The van der Waals surface area contributed by atoms with Crippen LogP contribution in [0.5, 0.6) is 0 Å². The maximum Gasteiger partial charge on any atom is 0.488 e. The van der Waals surface area contributed by atoms with Crippen LogP contribution in [0.25, 0.3) is 22.1 Å². The molecule has 1 aliphatic heterocycles. The van der Waals surface area contributed by atoms with Gasteiger partial charge in [0.05, 0.1) is 17.0 Å². The second kappa shape index (κ2) is 10.6. The molecule has 1 aliphatic rings. The monoisotopic (exact) mass is 524 g/mol. The minimum absolute atomic E-state index is 0.0276. The Balaban J connectivity index is 1.53. The van der Waals surface area contributed by atoms with E-state index in [2.05, 4.69) is 37.1 Å². The number of hydrogen-bond donors (Lipinski definition) is 3. The van der Waals surface area contributed by atoms with E-state index in [1.54, 1.807) is 12.1 Å². The number of benzene rings is 3. The van der Waals surface area contributed by atoms with Crippen LogP contribution < -0.4 is 21.1 Å². The molecule has 4 aromatic rings. The Morgan fingerprint density at radius 1 is 1.00 bits per heavy atom. The molecule has 0 radical (unpaired) electrons. The molecule has 1 saturated heterocycles. The molecule has 1 fully saturated rings. The van der Waals surface area contributed by atoms with Crippen molar-refractivity contribution in [3.05, 3.63) is 87.6 Å².